The average molecular weight is 837 g/mol. The molecule has 13 rings (SSSR count). The van der Waals surface area contributed by atoms with E-state index in [0.29, 0.717) is 0 Å². The van der Waals surface area contributed by atoms with E-state index in [1.807, 2.05) is 0 Å². The maximum Gasteiger partial charge on any atom is 0.244 e. The fraction of sp³-hybridized carbons (Fsp3) is 0.194. The van der Waals surface area contributed by atoms with Crippen molar-refractivity contribution in [2.24, 2.45) is 0 Å². The van der Waals surface area contributed by atoms with Crippen LogP contribution in [0, 0.1) is 0 Å². The molecule has 0 radical (unpaired) electrons. The van der Waals surface area contributed by atoms with Gasteiger partial charge < -0.3 is 9.13 Å². The SMILES string of the molecule is CC(C)(C)c1ccc(-n2c3ccccc3c3c4cccc5c4c(cc32)-c2cc(C(C)(C)C)cc3c2B5c2cccc4c2c-3cc2c4c3ccccc3n2-c2ccc(C(C)(C)C)cc2)cc1. The van der Waals surface area contributed by atoms with Crippen LogP contribution in [0.1, 0.15) is 79.0 Å². The number of rotatable bonds is 2. The molecule has 65 heavy (non-hydrogen) atoms. The maximum atomic E-state index is 2.56. The fourth-order valence-corrected chi connectivity index (χ4v) is 11.9. The summed E-state index contributed by atoms with van der Waals surface area (Å²) < 4.78 is 5.04. The highest BCUT2D eigenvalue weighted by atomic mass is 15.0. The Labute approximate surface area is 382 Å². The van der Waals surface area contributed by atoms with E-state index < -0.39 is 0 Å². The first-order chi connectivity index (χ1) is 31.2. The van der Waals surface area contributed by atoms with Gasteiger partial charge in [-0.15, -0.1) is 0 Å². The highest BCUT2D eigenvalue weighted by Crippen LogP contribution is 2.48. The molecule has 0 aliphatic carbocycles. The van der Waals surface area contributed by atoms with Crippen LogP contribution in [0.2, 0.25) is 0 Å². The molecular weight excluding hydrogens is 784 g/mol. The summed E-state index contributed by atoms with van der Waals surface area (Å²) in [5.74, 6) is 0. The lowest BCUT2D eigenvalue weighted by Crippen LogP contribution is -2.57. The summed E-state index contributed by atoms with van der Waals surface area (Å²) in [6.07, 6.45) is 0. The zero-order chi connectivity index (χ0) is 44.5. The Kier molecular flexibility index (Phi) is 7.67. The number of fused-ring (bicyclic) bond motifs is 12. The molecule has 0 fully saturated rings. The Morgan fingerprint density at radius 1 is 0.323 bits per heavy atom. The number of hydrogen-bond donors (Lipinski definition) is 0. The minimum atomic E-state index is -0.0746. The van der Waals surface area contributed by atoms with Crippen LogP contribution >= 0.6 is 0 Å². The van der Waals surface area contributed by atoms with Gasteiger partial charge in [-0.2, -0.15) is 0 Å². The summed E-state index contributed by atoms with van der Waals surface area (Å²) in [6.45, 7) is 21.0. The molecule has 2 aromatic heterocycles. The molecule has 11 aromatic rings. The molecule has 0 spiro atoms. The molecule has 0 saturated heterocycles. The molecule has 314 valence electrons. The van der Waals surface area contributed by atoms with Gasteiger partial charge in [-0.1, -0.05) is 188 Å². The van der Waals surface area contributed by atoms with Gasteiger partial charge in [-0.3, -0.25) is 0 Å². The van der Waals surface area contributed by atoms with Crippen LogP contribution < -0.4 is 16.4 Å². The van der Waals surface area contributed by atoms with Crippen molar-refractivity contribution in [3.63, 3.8) is 0 Å². The van der Waals surface area contributed by atoms with Crippen molar-refractivity contribution in [2.45, 2.75) is 78.6 Å². The van der Waals surface area contributed by atoms with Crippen molar-refractivity contribution in [3.05, 3.63) is 174 Å². The zero-order valence-corrected chi connectivity index (χ0v) is 39.0. The molecule has 2 aliphatic rings. The number of nitrogens with zero attached hydrogens (tertiary/aromatic N) is 2. The van der Waals surface area contributed by atoms with Crippen LogP contribution in [-0.4, -0.2) is 15.8 Å². The largest absolute Gasteiger partial charge is 0.309 e. The Bertz CT molecular complexity index is 3610. The molecule has 0 bridgehead atoms. The van der Waals surface area contributed by atoms with E-state index in [2.05, 4.69) is 229 Å². The molecular formula is C62H53BN2. The zero-order valence-electron chi connectivity index (χ0n) is 39.0. The molecule has 3 heteroatoms. The van der Waals surface area contributed by atoms with E-state index in [9.17, 15) is 0 Å². The Hall–Kier alpha value is -6.84. The third-order valence-electron chi connectivity index (χ3n) is 15.2. The summed E-state index contributed by atoms with van der Waals surface area (Å²) in [5, 5.41) is 10.7. The minimum Gasteiger partial charge on any atom is -0.309 e. The number of aromatic nitrogens is 2. The molecule has 0 N–H and O–H groups in total. The summed E-state index contributed by atoms with van der Waals surface area (Å²) in [4.78, 5) is 0. The Balaban J connectivity index is 1.16. The number of benzene rings is 9. The molecule has 2 aliphatic heterocycles. The van der Waals surface area contributed by atoms with Gasteiger partial charge in [-0.25, -0.2) is 0 Å². The van der Waals surface area contributed by atoms with Gasteiger partial charge in [0, 0.05) is 32.9 Å². The van der Waals surface area contributed by atoms with E-state index >= 15 is 0 Å². The lowest BCUT2D eigenvalue weighted by atomic mass is 9.31. The second kappa shape index (κ2) is 12.9. The van der Waals surface area contributed by atoms with Gasteiger partial charge in [0.25, 0.3) is 0 Å². The Morgan fingerprint density at radius 3 is 1.11 bits per heavy atom. The minimum absolute atomic E-state index is 0.0746. The molecule has 4 heterocycles. The first kappa shape index (κ1) is 38.6. The number of hydrogen-bond acceptors (Lipinski definition) is 0. The van der Waals surface area contributed by atoms with E-state index in [4.69, 9.17) is 0 Å². The molecule has 9 aromatic carbocycles. The topological polar surface area (TPSA) is 9.86 Å². The van der Waals surface area contributed by atoms with Crippen LogP contribution in [0.25, 0.3) is 98.8 Å². The second-order valence-corrected chi connectivity index (χ2v) is 22.1. The highest BCUT2D eigenvalue weighted by molar-refractivity contribution is 7.01. The van der Waals surface area contributed by atoms with E-state index in [0.717, 1.165) is 0 Å². The molecule has 2 nitrogen and oxygen atoms in total. The van der Waals surface area contributed by atoms with Crippen LogP contribution in [0.4, 0.5) is 0 Å². The van der Waals surface area contributed by atoms with Crippen LogP contribution in [-0.2, 0) is 16.2 Å². The molecule has 0 atom stereocenters. The van der Waals surface area contributed by atoms with Crippen molar-refractivity contribution in [1.82, 2.24) is 9.13 Å². The van der Waals surface area contributed by atoms with Gasteiger partial charge >= 0.3 is 0 Å². The van der Waals surface area contributed by atoms with Gasteiger partial charge in [0.2, 0.25) is 6.71 Å². The smallest absolute Gasteiger partial charge is 0.244 e. The van der Waals surface area contributed by atoms with Crippen molar-refractivity contribution in [3.8, 4) is 33.6 Å². The van der Waals surface area contributed by atoms with Gasteiger partial charge in [0.1, 0.15) is 0 Å². The third-order valence-corrected chi connectivity index (χ3v) is 15.2. The average Bonchev–Trinajstić information content (AvgIpc) is 3.80. The van der Waals surface area contributed by atoms with Crippen molar-refractivity contribution < 1.29 is 0 Å². The maximum absolute atomic E-state index is 2.56. The standard InChI is InChI=1S/C62H53BN2/c1-60(2,3)36-24-28-39(29-25-36)64-51-22-12-10-16-41(51)57-43-18-14-20-49-55(43)45(34-53(57)64)47-32-38(62(7,8)9)33-48-46-35-54-58(44-19-15-21-50(56(44)46)63(49)59(47)48)42-17-11-13-23-52(42)65(54)40-30-26-37(27-31-40)61(4,5)6/h10-35H,1-9H3. The van der Waals surface area contributed by atoms with E-state index in [1.54, 1.807) is 0 Å². The van der Waals surface area contributed by atoms with Gasteiger partial charge in [0.15, 0.2) is 0 Å². The summed E-state index contributed by atoms with van der Waals surface area (Å²) >= 11 is 0. The predicted octanol–water partition coefficient (Wildman–Crippen LogP) is 14.6. The lowest BCUT2D eigenvalue weighted by Gasteiger charge is -2.36. The van der Waals surface area contributed by atoms with Crippen LogP contribution in [0.3, 0.4) is 0 Å². The first-order valence-corrected chi connectivity index (χ1v) is 23.6. The monoisotopic (exact) mass is 836 g/mol. The molecule has 0 amide bonds. The summed E-state index contributed by atoms with van der Waals surface area (Å²) in [7, 11) is 0. The summed E-state index contributed by atoms with van der Waals surface area (Å²) in [5.41, 5.74) is 21.1. The van der Waals surface area contributed by atoms with Gasteiger partial charge in [0.05, 0.1) is 22.1 Å². The molecule has 0 saturated carbocycles. The van der Waals surface area contributed by atoms with Crippen LogP contribution in [0.5, 0.6) is 0 Å². The predicted molar refractivity (Wildman–Crippen MR) is 282 cm³/mol. The highest BCUT2D eigenvalue weighted by Gasteiger charge is 2.40. The summed E-state index contributed by atoms with van der Waals surface area (Å²) in [6, 6.07) is 61.2. The van der Waals surface area contributed by atoms with Crippen LogP contribution in [0.15, 0.2) is 158 Å². The lowest BCUT2D eigenvalue weighted by molar-refractivity contribution is 0.590. The van der Waals surface area contributed by atoms with Gasteiger partial charge in [-0.05, 0) is 125 Å². The van der Waals surface area contributed by atoms with Crippen molar-refractivity contribution in [2.75, 3.05) is 0 Å². The normalized spacial score (nSPS) is 13.6. The first-order valence-electron chi connectivity index (χ1n) is 23.6. The van der Waals surface area contributed by atoms with E-state index in [1.165, 1.54) is 132 Å². The fourth-order valence-electron chi connectivity index (χ4n) is 11.9. The third kappa shape index (κ3) is 5.30. The van der Waals surface area contributed by atoms with E-state index in [-0.39, 0.29) is 23.0 Å². The molecule has 0 unspecified atom stereocenters. The van der Waals surface area contributed by atoms with Crippen molar-refractivity contribution in [1.29, 1.82) is 0 Å². The quantitative estimate of drug-likeness (QED) is 0.154. The second-order valence-electron chi connectivity index (χ2n) is 22.1. The Morgan fingerprint density at radius 2 is 0.708 bits per heavy atom. The number of para-hydroxylation sites is 2. The van der Waals surface area contributed by atoms with Crippen molar-refractivity contribution >= 4 is 88.3 Å².